The maximum Gasteiger partial charge on any atom is 0.338 e. The van der Waals surface area contributed by atoms with Crippen molar-refractivity contribution >= 4 is 58.3 Å². The fourth-order valence-electron chi connectivity index (χ4n) is 6.54. The summed E-state index contributed by atoms with van der Waals surface area (Å²) in [4.78, 5) is 52.9. The van der Waals surface area contributed by atoms with Crippen molar-refractivity contribution < 1.29 is 23.9 Å². The summed E-state index contributed by atoms with van der Waals surface area (Å²) in [5.74, 6) is -1.52. The minimum absolute atomic E-state index is 0.156. The van der Waals surface area contributed by atoms with E-state index in [0.29, 0.717) is 22.3 Å². The van der Waals surface area contributed by atoms with Crippen molar-refractivity contribution in [3.8, 4) is 0 Å². The lowest BCUT2D eigenvalue weighted by molar-refractivity contribution is -0.123. The number of hydrogen-bond acceptors (Lipinski definition) is 5. The van der Waals surface area contributed by atoms with Crippen LogP contribution in [0.15, 0.2) is 72.8 Å². The fraction of sp³-hybridized carbons (Fsp3) is 0.267. The third kappa shape index (κ3) is 4.60. The van der Waals surface area contributed by atoms with Gasteiger partial charge < -0.3 is 10.1 Å². The Kier molecular flexibility index (Phi) is 6.65. The van der Waals surface area contributed by atoms with E-state index < -0.39 is 18.5 Å². The van der Waals surface area contributed by atoms with Crippen LogP contribution in [-0.4, -0.2) is 30.3 Å². The van der Waals surface area contributed by atoms with E-state index in [-0.39, 0.29) is 46.1 Å². The smallest absolute Gasteiger partial charge is 0.338 e. The third-order valence-electron chi connectivity index (χ3n) is 8.14. The van der Waals surface area contributed by atoms with Crippen LogP contribution in [0, 0.1) is 23.7 Å². The Morgan fingerprint density at radius 1 is 0.897 bits per heavy atom. The molecular weight excluding hydrogens is 539 g/mol. The molecule has 6 rings (SSSR count). The van der Waals surface area contributed by atoms with Crippen LogP contribution in [0.3, 0.4) is 0 Å². The van der Waals surface area contributed by atoms with Gasteiger partial charge in [0.15, 0.2) is 6.61 Å². The summed E-state index contributed by atoms with van der Waals surface area (Å²) in [6.07, 6.45) is 1.83. The van der Waals surface area contributed by atoms with Crippen molar-refractivity contribution in [1.82, 2.24) is 0 Å². The van der Waals surface area contributed by atoms with Gasteiger partial charge in [-0.05, 0) is 78.6 Å². The summed E-state index contributed by atoms with van der Waals surface area (Å²) < 4.78 is 5.12. The molecule has 1 heterocycles. The normalized spacial score (nSPS) is 25.1. The molecule has 198 valence electrons. The Balaban J connectivity index is 1.10. The number of nitrogens with one attached hydrogen (secondary N) is 1. The van der Waals surface area contributed by atoms with E-state index in [4.69, 9.17) is 27.9 Å². The van der Waals surface area contributed by atoms with Crippen LogP contribution < -0.4 is 10.2 Å². The molecule has 0 spiro atoms. The number of carbonyl (C=O) groups is 4. The molecule has 3 aromatic rings. The Labute approximate surface area is 235 Å². The number of imide groups is 1. The number of halogens is 2. The maximum atomic E-state index is 13.5. The maximum absolute atomic E-state index is 13.5. The highest BCUT2D eigenvalue weighted by Crippen LogP contribution is 2.61. The molecule has 9 heteroatoms. The molecule has 2 aliphatic carbocycles. The van der Waals surface area contributed by atoms with Gasteiger partial charge in [-0.1, -0.05) is 53.5 Å². The summed E-state index contributed by atoms with van der Waals surface area (Å²) in [5.41, 5.74) is 2.20. The fourth-order valence-corrected chi connectivity index (χ4v) is 6.99. The van der Waals surface area contributed by atoms with E-state index in [1.54, 1.807) is 24.3 Å². The number of amides is 3. The molecule has 2 saturated carbocycles. The second kappa shape index (κ2) is 10.1. The first-order valence-corrected chi connectivity index (χ1v) is 13.5. The lowest BCUT2D eigenvalue weighted by Crippen LogP contribution is -2.33. The quantitative estimate of drug-likeness (QED) is 0.306. The second-order valence-corrected chi connectivity index (χ2v) is 11.1. The first kappa shape index (κ1) is 25.6. The first-order valence-electron chi connectivity index (χ1n) is 12.8. The monoisotopic (exact) mass is 562 g/mol. The van der Waals surface area contributed by atoms with E-state index in [0.717, 1.165) is 12.8 Å². The predicted octanol–water partition coefficient (Wildman–Crippen LogP) is 5.72. The van der Waals surface area contributed by atoms with Gasteiger partial charge in [0, 0.05) is 5.02 Å². The number of carbonyl (C=O) groups excluding carboxylic acids is 4. The molecule has 1 saturated heterocycles. The van der Waals surface area contributed by atoms with Gasteiger partial charge >= 0.3 is 5.97 Å². The van der Waals surface area contributed by atoms with E-state index in [2.05, 4.69) is 17.4 Å². The zero-order chi connectivity index (χ0) is 27.3. The van der Waals surface area contributed by atoms with Gasteiger partial charge in [-0.2, -0.15) is 0 Å². The highest BCUT2D eigenvalue weighted by molar-refractivity contribution is 6.36. The summed E-state index contributed by atoms with van der Waals surface area (Å²) >= 11 is 11.9. The average molecular weight is 563 g/mol. The molecule has 0 radical (unpaired) electrons. The van der Waals surface area contributed by atoms with Crippen LogP contribution in [0.2, 0.25) is 10.0 Å². The molecule has 2 bridgehead atoms. The standard InChI is InChI=1S/C30H24Cl2N2O5/c31-19-8-11-24(23(32)14-19)33-25(35)15-39-30(38)17-6-9-20(10-7-17)34-28(36)26-18-12-21(16-4-2-1-3-5-16)22(13-18)27(26)29(34)37/h1-11,14,18,21-22,26-27H,12-13,15H2,(H,33,35)/t18-,21+,22+,26+,27-/m0/s1. The Hall–Kier alpha value is -3.68. The SMILES string of the molecule is O=C(COC(=O)c1ccc(N2C(=O)[C@@H]3[C@@H]4C[C@@H]([C@@H]3C2=O)[C@@H](c2ccccc2)C4)cc1)Nc1ccc(Cl)cc1Cl. The molecular formula is C30H24Cl2N2O5. The van der Waals surface area contributed by atoms with Gasteiger partial charge in [0.2, 0.25) is 11.8 Å². The van der Waals surface area contributed by atoms with E-state index in [1.165, 1.54) is 28.7 Å². The number of nitrogens with zero attached hydrogens (tertiary/aromatic N) is 1. The number of ether oxygens (including phenoxy) is 1. The molecule has 1 N–H and O–H groups in total. The van der Waals surface area contributed by atoms with E-state index in [9.17, 15) is 19.2 Å². The molecule has 3 aromatic carbocycles. The first-order chi connectivity index (χ1) is 18.8. The second-order valence-electron chi connectivity index (χ2n) is 10.3. The van der Waals surface area contributed by atoms with Crippen molar-refractivity contribution in [2.45, 2.75) is 18.8 Å². The molecule has 3 aliphatic rings. The van der Waals surface area contributed by atoms with Crippen LogP contribution in [0.1, 0.15) is 34.7 Å². The lowest BCUT2D eigenvalue weighted by atomic mass is 9.73. The predicted molar refractivity (Wildman–Crippen MR) is 147 cm³/mol. The lowest BCUT2D eigenvalue weighted by Gasteiger charge is -2.28. The van der Waals surface area contributed by atoms with E-state index in [1.807, 2.05) is 18.2 Å². The number of anilines is 2. The van der Waals surface area contributed by atoms with Gasteiger partial charge in [-0.15, -0.1) is 0 Å². The molecule has 0 unspecified atom stereocenters. The van der Waals surface area contributed by atoms with Crippen molar-refractivity contribution in [1.29, 1.82) is 0 Å². The third-order valence-corrected chi connectivity index (χ3v) is 8.69. The molecule has 39 heavy (non-hydrogen) atoms. The highest BCUT2D eigenvalue weighted by atomic mass is 35.5. The number of benzene rings is 3. The Morgan fingerprint density at radius 3 is 2.33 bits per heavy atom. The van der Waals surface area contributed by atoms with Crippen LogP contribution >= 0.6 is 23.2 Å². The summed E-state index contributed by atoms with van der Waals surface area (Å²) in [5, 5.41) is 3.25. The van der Waals surface area contributed by atoms with Crippen LogP contribution in [-0.2, 0) is 19.1 Å². The zero-order valence-corrected chi connectivity index (χ0v) is 22.2. The molecule has 7 nitrogen and oxygen atoms in total. The van der Waals surface area contributed by atoms with Gasteiger partial charge in [-0.25, -0.2) is 4.79 Å². The molecule has 1 aliphatic heterocycles. The highest BCUT2D eigenvalue weighted by Gasteiger charge is 2.64. The van der Waals surface area contributed by atoms with Crippen LogP contribution in [0.5, 0.6) is 0 Å². The summed E-state index contributed by atoms with van der Waals surface area (Å²) in [7, 11) is 0. The number of rotatable bonds is 6. The van der Waals surface area contributed by atoms with Gasteiger partial charge in [-0.3, -0.25) is 19.3 Å². The zero-order valence-electron chi connectivity index (χ0n) is 20.7. The minimum atomic E-state index is -0.710. The van der Waals surface area contributed by atoms with Crippen molar-refractivity contribution in [3.05, 3.63) is 94.0 Å². The van der Waals surface area contributed by atoms with Crippen molar-refractivity contribution in [2.24, 2.45) is 23.7 Å². The number of esters is 1. The van der Waals surface area contributed by atoms with Gasteiger partial charge in [0.05, 0.1) is 33.8 Å². The largest absolute Gasteiger partial charge is 0.452 e. The molecule has 5 atom stereocenters. The van der Waals surface area contributed by atoms with Crippen molar-refractivity contribution in [3.63, 3.8) is 0 Å². The van der Waals surface area contributed by atoms with Crippen LogP contribution in [0.25, 0.3) is 0 Å². The number of hydrogen-bond donors (Lipinski definition) is 1. The summed E-state index contributed by atoms with van der Waals surface area (Å²) in [6.45, 7) is -0.517. The Morgan fingerprint density at radius 2 is 1.62 bits per heavy atom. The number of fused-ring (bicyclic) bond motifs is 5. The topological polar surface area (TPSA) is 92.8 Å². The van der Waals surface area contributed by atoms with E-state index >= 15 is 0 Å². The summed E-state index contributed by atoms with van der Waals surface area (Å²) in [6, 6.07) is 20.9. The minimum Gasteiger partial charge on any atom is -0.452 e. The average Bonchev–Trinajstić information content (AvgIpc) is 3.61. The van der Waals surface area contributed by atoms with Crippen molar-refractivity contribution in [2.75, 3.05) is 16.8 Å². The Bertz CT molecular complexity index is 1480. The molecule has 3 amide bonds. The van der Waals surface area contributed by atoms with Crippen LogP contribution in [0.4, 0.5) is 11.4 Å². The van der Waals surface area contributed by atoms with Gasteiger partial charge in [0.1, 0.15) is 0 Å². The van der Waals surface area contributed by atoms with Gasteiger partial charge in [0.25, 0.3) is 5.91 Å². The molecule has 3 fully saturated rings. The molecule has 0 aromatic heterocycles.